The molecule has 0 saturated carbocycles. The summed E-state index contributed by atoms with van der Waals surface area (Å²) in [5.41, 5.74) is 2.60. The van der Waals surface area contributed by atoms with Crippen LogP contribution in [0.5, 0.6) is 0 Å². The smallest absolute Gasteiger partial charge is 0.239 e. The Bertz CT molecular complexity index is 804. The topological polar surface area (TPSA) is 63.2 Å². The van der Waals surface area contributed by atoms with E-state index < -0.39 is 21.5 Å². The van der Waals surface area contributed by atoms with E-state index in [1.165, 1.54) is 0 Å². The number of benzene rings is 2. The van der Waals surface area contributed by atoms with Gasteiger partial charge in [-0.15, -0.1) is 0 Å². The minimum atomic E-state index is -3.41. The molecule has 4 nitrogen and oxygen atoms in total. The monoisotopic (exact) mass is 409 g/mol. The van der Waals surface area contributed by atoms with Crippen molar-refractivity contribution in [3.8, 4) is 0 Å². The third-order valence-electron chi connectivity index (χ3n) is 3.58. The minimum Gasteiger partial charge on any atom is -0.325 e. The fourth-order valence-corrected chi connectivity index (χ4v) is 4.04. The van der Waals surface area contributed by atoms with Gasteiger partial charge in [-0.05, 0) is 49.1 Å². The number of nitrogens with one attached hydrogen (secondary N) is 1. The zero-order valence-electron chi connectivity index (χ0n) is 13.5. The van der Waals surface area contributed by atoms with Gasteiger partial charge in [0, 0.05) is 10.2 Å². The zero-order valence-corrected chi connectivity index (χ0v) is 15.9. The highest BCUT2D eigenvalue weighted by Crippen LogP contribution is 2.20. The number of amides is 1. The van der Waals surface area contributed by atoms with E-state index >= 15 is 0 Å². The highest BCUT2D eigenvalue weighted by Gasteiger charge is 2.17. The van der Waals surface area contributed by atoms with Gasteiger partial charge in [-0.3, -0.25) is 4.79 Å². The zero-order chi connectivity index (χ0) is 17.6. The van der Waals surface area contributed by atoms with Crippen molar-refractivity contribution in [2.45, 2.75) is 19.8 Å². The summed E-state index contributed by atoms with van der Waals surface area (Å²) >= 11 is 3.35. The number of rotatable bonds is 7. The van der Waals surface area contributed by atoms with Crippen LogP contribution < -0.4 is 5.32 Å². The number of hydrogen-bond acceptors (Lipinski definition) is 3. The molecule has 128 valence electrons. The van der Waals surface area contributed by atoms with Crippen molar-refractivity contribution < 1.29 is 13.2 Å². The first-order valence-electron chi connectivity index (χ1n) is 7.66. The van der Waals surface area contributed by atoms with Crippen molar-refractivity contribution in [3.05, 3.63) is 64.1 Å². The van der Waals surface area contributed by atoms with Gasteiger partial charge in [0.2, 0.25) is 5.91 Å². The average Bonchev–Trinajstić information content (AvgIpc) is 2.50. The van der Waals surface area contributed by atoms with E-state index in [2.05, 4.69) is 21.2 Å². The van der Waals surface area contributed by atoms with Gasteiger partial charge >= 0.3 is 0 Å². The first-order chi connectivity index (χ1) is 11.4. The van der Waals surface area contributed by atoms with Gasteiger partial charge in [-0.25, -0.2) is 8.42 Å². The van der Waals surface area contributed by atoms with Crippen LogP contribution >= 0.6 is 15.9 Å². The number of hydrogen-bond donors (Lipinski definition) is 1. The lowest BCUT2D eigenvalue weighted by atomic mass is 10.1. The first kappa shape index (κ1) is 18.7. The van der Waals surface area contributed by atoms with Crippen molar-refractivity contribution in [1.29, 1.82) is 0 Å². The van der Waals surface area contributed by atoms with Gasteiger partial charge in [0.25, 0.3) is 0 Å². The second-order valence-corrected chi connectivity index (χ2v) is 8.79. The molecule has 2 rings (SSSR count). The highest BCUT2D eigenvalue weighted by molar-refractivity contribution is 9.10. The number of carbonyl (C=O) groups excluding carboxylic acids is 1. The molecule has 0 saturated heterocycles. The summed E-state index contributed by atoms with van der Waals surface area (Å²) in [7, 11) is -3.41. The lowest BCUT2D eigenvalue weighted by Gasteiger charge is -2.09. The van der Waals surface area contributed by atoms with E-state index in [1.54, 1.807) is 12.1 Å². The van der Waals surface area contributed by atoms with E-state index in [4.69, 9.17) is 0 Å². The third-order valence-corrected chi connectivity index (χ3v) is 5.68. The van der Waals surface area contributed by atoms with Crippen LogP contribution in [0.1, 0.15) is 17.5 Å². The summed E-state index contributed by atoms with van der Waals surface area (Å²) in [6.45, 7) is 1.86. The predicted molar refractivity (Wildman–Crippen MR) is 101 cm³/mol. The van der Waals surface area contributed by atoms with Gasteiger partial charge in [-0.1, -0.05) is 46.3 Å². The van der Waals surface area contributed by atoms with Crippen molar-refractivity contribution in [1.82, 2.24) is 0 Å². The maximum Gasteiger partial charge on any atom is 0.239 e. The maximum absolute atomic E-state index is 12.1. The Balaban J connectivity index is 1.85. The molecule has 2 aromatic rings. The predicted octanol–water partition coefficient (Wildman–Crippen LogP) is 3.74. The van der Waals surface area contributed by atoms with Crippen LogP contribution in [0.4, 0.5) is 5.69 Å². The number of sulfone groups is 1. The lowest BCUT2D eigenvalue weighted by Crippen LogP contribution is -2.25. The van der Waals surface area contributed by atoms with E-state index in [9.17, 15) is 13.2 Å². The Kier molecular flexibility index (Phi) is 6.57. The van der Waals surface area contributed by atoms with Gasteiger partial charge in [0.1, 0.15) is 5.75 Å². The standard InChI is InChI=1S/C18H20BrNO3S/c1-14-12-16(19)9-10-17(14)20-18(21)13-24(22,23)11-5-8-15-6-3-2-4-7-15/h2-4,6-7,9-10,12H,5,8,11,13H2,1H3,(H,20,21). The van der Waals surface area contributed by atoms with E-state index in [1.807, 2.05) is 43.3 Å². The molecule has 0 bridgehead atoms. The minimum absolute atomic E-state index is 0.00857. The van der Waals surface area contributed by atoms with Gasteiger partial charge in [0.05, 0.1) is 5.75 Å². The Morgan fingerprint density at radius 1 is 1.12 bits per heavy atom. The molecule has 0 atom stereocenters. The fraction of sp³-hybridized carbons (Fsp3) is 0.278. The van der Waals surface area contributed by atoms with Crippen molar-refractivity contribution >= 4 is 37.4 Å². The summed E-state index contributed by atoms with van der Waals surface area (Å²) in [6.07, 6.45) is 1.20. The van der Waals surface area contributed by atoms with Gasteiger partial charge in [-0.2, -0.15) is 0 Å². The largest absolute Gasteiger partial charge is 0.325 e. The quantitative estimate of drug-likeness (QED) is 0.757. The van der Waals surface area contributed by atoms with E-state index in [0.29, 0.717) is 18.5 Å². The Labute approximate surface area is 151 Å². The summed E-state index contributed by atoms with van der Waals surface area (Å²) in [4.78, 5) is 12.0. The molecule has 2 aromatic carbocycles. The summed E-state index contributed by atoms with van der Waals surface area (Å²) in [5.74, 6) is -0.980. The molecule has 6 heteroatoms. The molecule has 0 unspecified atom stereocenters. The van der Waals surface area contributed by atoms with Crippen LogP contribution in [-0.2, 0) is 21.1 Å². The number of halogens is 1. The summed E-state index contributed by atoms with van der Waals surface area (Å²) in [5, 5.41) is 2.66. The summed E-state index contributed by atoms with van der Waals surface area (Å²) in [6, 6.07) is 15.1. The molecule has 0 aromatic heterocycles. The molecule has 0 aliphatic carbocycles. The van der Waals surface area contributed by atoms with Gasteiger partial charge < -0.3 is 5.32 Å². The Morgan fingerprint density at radius 2 is 1.83 bits per heavy atom. The van der Waals surface area contributed by atoms with Crippen LogP contribution in [0.25, 0.3) is 0 Å². The molecule has 0 fully saturated rings. The molecular formula is C18H20BrNO3S. The molecule has 0 aliphatic rings. The SMILES string of the molecule is Cc1cc(Br)ccc1NC(=O)CS(=O)(=O)CCCc1ccccc1. The molecule has 0 heterocycles. The van der Waals surface area contributed by atoms with E-state index in [0.717, 1.165) is 15.6 Å². The van der Waals surface area contributed by atoms with Crippen LogP contribution in [0, 0.1) is 6.92 Å². The van der Waals surface area contributed by atoms with Crippen LogP contribution in [0.2, 0.25) is 0 Å². The fourth-order valence-electron chi connectivity index (χ4n) is 2.37. The number of anilines is 1. The third kappa shape index (κ3) is 6.09. The molecule has 0 spiro atoms. The number of carbonyl (C=O) groups is 1. The van der Waals surface area contributed by atoms with Crippen molar-refractivity contribution in [2.24, 2.45) is 0 Å². The van der Waals surface area contributed by atoms with Crippen molar-refractivity contribution in [2.75, 3.05) is 16.8 Å². The first-order valence-corrected chi connectivity index (χ1v) is 10.3. The normalized spacial score (nSPS) is 11.2. The van der Waals surface area contributed by atoms with Crippen molar-refractivity contribution in [3.63, 3.8) is 0 Å². The lowest BCUT2D eigenvalue weighted by molar-refractivity contribution is -0.113. The number of aryl methyl sites for hydroxylation is 2. The molecule has 0 radical (unpaired) electrons. The molecular weight excluding hydrogens is 390 g/mol. The molecule has 0 aliphatic heterocycles. The second kappa shape index (κ2) is 8.44. The van der Waals surface area contributed by atoms with Crippen LogP contribution in [0.15, 0.2) is 53.0 Å². The summed E-state index contributed by atoms with van der Waals surface area (Å²) < 4.78 is 25.1. The highest BCUT2D eigenvalue weighted by atomic mass is 79.9. The Morgan fingerprint density at radius 3 is 2.50 bits per heavy atom. The molecule has 1 N–H and O–H groups in total. The maximum atomic E-state index is 12.1. The second-order valence-electron chi connectivity index (χ2n) is 5.69. The average molecular weight is 410 g/mol. The Hall–Kier alpha value is -1.66. The van der Waals surface area contributed by atoms with E-state index in [-0.39, 0.29) is 5.75 Å². The molecule has 1 amide bonds. The molecule has 24 heavy (non-hydrogen) atoms. The van der Waals surface area contributed by atoms with Crippen LogP contribution in [0.3, 0.4) is 0 Å². The van der Waals surface area contributed by atoms with Gasteiger partial charge in [0.15, 0.2) is 9.84 Å². The van der Waals surface area contributed by atoms with Crippen LogP contribution in [-0.4, -0.2) is 25.8 Å².